The second-order valence-electron chi connectivity index (χ2n) is 7.11. The molecule has 2 aliphatic heterocycles. The molecular weight excluding hydrogens is 372 g/mol. The third-order valence-corrected chi connectivity index (χ3v) is 6.08. The van der Waals surface area contributed by atoms with Crippen LogP contribution in [-0.4, -0.2) is 41.0 Å². The van der Waals surface area contributed by atoms with Gasteiger partial charge in [0.1, 0.15) is 5.75 Å². The molecule has 1 saturated heterocycles. The summed E-state index contributed by atoms with van der Waals surface area (Å²) in [6.07, 6.45) is 2.65. The molecule has 0 spiro atoms. The van der Waals surface area contributed by atoms with E-state index < -0.39 is 0 Å². The summed E-state index contributed by atoms with van der Waals surface area (Å²) in [6.45, 7) is 6.14. The minimum Gasteiger partial charge on any atom is -0.497 e. The van der Waals surface area contributed by atoms with Crippen molar-refractivity contribution in [1.29, 1.82) is 0 Å². The molecule has 0 unspecified atom stereocenters. The first kappa shape index (κ1) is 19.1. The third-order valence-electron chi connectivity index (χ3n) is 5.21. The molecule has 6 nitrogen and oxygen atoms in total. The standard InChI is InChI=1S/C21H26N4O2S/c1-14-10-19(15(2)25(14)12-18-8-5-9-27-18)20-13-28-21(24-23-20)22-16-6-4-7-17(11-16)26-3/h4,6-7,10-11,18H,5,8-9,12-13H2,1-3H3,(H,22,24)/t18-/m1/s1. The Kier molecular flexibility index (Phi) is 5.73. The van der Waals surface area contributed by atoms with Crippen molar-refractivity contribution >= 4 is 28.3 Å². The van der Waals surface area contributed by atoms with Crippen molar-refractivity contribution in [3.05, 3.63) is 47.3 Å². The molecule has 1 aromatic carbocycles. The van der Waals surface area contributed by atoms with E-state index in [0.717, 1.165) is 47.6 Å². The number of aryl methyl sites for hydroxylation is 1. The fraction of sp³-hybridized carbons (Fsp3) is 0.429. The average Bonchev–Trinajstić information content (AvgIpc) is 3.33. The fourth-order valence-corrected chi connectivity index (χ4v) is 4.45. The number of hydrogen-bond donors (Lipinski definition) is 1. The van der Waals surface area contributed by atoms with E-state index >= 15 is 0 Å². The van der Waals surface area contributed by atoms with Crippen LogP contribution < -0.4 is 10.2 Å². The van der Waals surface area contributed by atoms with Crippen molar-refractivity contribution in [2.24, 2.45) is 10.1 Å². The molecule has 0 bridgehead atoms. The highest BCUT2D eigenvalue weighted by molar-refractivity contribution is 8.14. The number of amidine groups is 1. The van der Waals surface area contributed by atoms with Crippen LogP contribution in [0, 0.1) is 13.8 Å². The van der Waals surface area contributed by atoms with Crippen LogP contribution >= 0.6 is 11.8 Å². The van der Waals surface area contributed by atoms with Gasteiger partial charge in [-0.15, -0.1) is 0 Å². The number of nitrogens with one attached hydrogen (secondary N) is 1. The molecule has 2 aliphatic rings. The predicted octanol–water partition coefficient (Wildman–Crippen LogP) is 4.02. The molecule has 0 saturated carbocycles. The van der Waals surface area contributed by atoms with E-state index in [1.807, 2.05) is 24.3 Å². The maximum atomic E-state index is 5.82. The number of methoxy groups -OCH3 is 1. The van der Waals surface area contributed by atoms with Gasteiger partial charge in [-0.2, -0.15) is 5.10 Å². The van der Waals surface area contributed by atoms with Crippen LogP contribution in [0.2, 0.25) is 0 Å². The van der Waals surface area contributed by atoms with Gasteiger partial charge in [0.25, 0.3) is 0 Å². The zero-order chi connectivity index (χ0) is 19.5. The van der Waals surface area contributed by atoms with Crippen LogP contribution in [0.25, 0.3) is 0 Å². The molecule has 4 rings (SSSR count). The monoisotopic (exact) mass is 398 g/mol. The van der Waals surface area contributed by atoms with Gasteiger partial charge in [0.15, 0.2) is 5.17 Å². The first-order chi connectivity index (χ1) is 13.6. The van der Waals surface area contributed by atoms with Gasteiger partial charge >= 0.3 is 0 Å². The van der Waals surface area contributed by atoms with Crippen molar-refractivity contribution in [2.75, 3.05) is 19.5 Å². The van der Waals surface area contributed by atoms with E-state index in [-0.39, 0.29) is 0 Å². The minimum atomic E-state index is 0.333. The van der Waals surface area contributed by atoms with Crippen molar-refractivity contribution < 1.29 is 9.47 Å². The summed E-state index contributed by atoms with van der Waals surface area (Å²) in [5.74, 6) is 1.59. The Hall–Kier alpha value is -2.25. The van der Waals surface area contributed by atoms with Gasteiger partial charge in [0, 0.05) is 41.9 Å². The molecule has 2 aromatic rings. The number of aromatic nitrogens is 1. The second kappa shape index (κ2) is 8.41. The normalized spacial score (nSPS) is 20.9. The van der Waals surface area contributed by atoms with Crippen LogP contribution in [0.15, 0.2) is 40.4 Å². The largest absolute Gasteiger partial charge is 0.497 e. The summed E-state index contributed by atoms with van der Waals surface area (Å²) in [4.78, 5) is 4.63. The van der Waals surface area contributed by atoms with Gasteiger partial charge in [-0.1, -0.05) is 17.8 Å². The zero-order valence-electron chi connectivity index (χ0n) is 16.6. The number of ether oxygens (including phenoxy) is 2. The summed E-state index contributed by atoms with van der Waals surface area (Å²) < 4.78 is 13.4. The lowest BCUT2D eigenvalue weighted by atomic mass is 10.1. The predicted molar refractivity (Wildman–Crippen MR) is 115 cm³/mol. The molecule has 1 atom stereocenters. The zero-order valence-corrected chi connectivity index (χ0v) is 17.4. The molecule has 0 amide bonds. The lowest BCUT2D eigenvalue weighted by molar-refractivity contribution is 0.0962. The third kappa shape index (κ3) is 4.10. The fourth-order valence-electron chi connectivity index (χ4n) is 3.68. The first-order valence-corrected chi connectivity index (χ1v) is 10.6. The summed E-state index contributed by atoms with van der Waals surface area (Å²) in [7, 11) is 1.66. The number of hydrazone groups is 1. The summed E-state index contributed by atoms with van der Waals surface area (Å²) in [5.41, 5.74) is 8.73. The molecule has 1 aromatic heterocycles. The van der Waals surface area contributed by atoms with Crippen LogP contribution in [0.5, 0.6) is 5.75 Å². The van der Waals surface area contributed by atoms with E-state index in [1.165, 1.54) is 23.4 Å². The summed E-state index contributed by atoms with van der Waals surface area (Å²) >= 11 is 1.66. The number of hydrogen-bond acceptors (Lipinski definition) is 5. The van der Waals surface area contributed by atoms with Crippen molar-refractivity contribution in [2.45, 2.75) is 39.3 Å². The molecule has 28 heavy (non-hydrogen) atoms. The van der Waals surface area contributed by atoms with Gasteiger partial charge < -0.3 is 14.0 Å². The van der Waals surface area contributed by atoms with Crippen LogP contribution in [0.3, 0.4) is 0 Å². The van der Waals surface area contributed by atoms with Gasteiger partial charge in [-0.25, -0.2) is 4.99 Å². The molecule has 1 N–H and O–H groups in total. The van der Waals surface area contributed by atoms with E-state index in [0.29, 0.717) is 6.10 Å². The maximum absolute atomic E-state index is 5.82. The number of benzene rings is 1. The molecule has 148 valence electrons. The Morgan fingerprint density at radius 2 is 2.25 bits per heavy atom. The Morgan fingerprint density at radius 3 is 2.96 bits per heavy atom. The Morgan fingerprint density at radius 1 is 1.36 bits per heavy atom. The van der Waals surface area contributed by atoms with Crippen molar-refractivity contribution in [1.82, 2.24) is 9.99 Å². The summed E-state index contributed by atoms with van der Waals surface area (Å²) in [6, 6.07) is 9.94. The Balaban J connectivity index is 1.49. The van der Waals surface area contributed by atoms with Gasteiger partial charge in [0.05, 0.1) is 24.6 Å². The Bertz CT molecular complexity index is 913. The number of thioether (sulfide) groups is 1. The number of aliphatic imine (C=N–C) groups is 1. The molecule has 3 heterocycles. The SMILES string of the molecule is COc1cccc(N=C2NN=C(c3cc(C)n(C[C@H]4CCCO4)c3C)CS2)c1. The topological polar surface area (TPSA) is 60.1 Å². The molecule has 0 aliphatic carbocycles. The quantitative estimate of drug-likeness (QED) is 0.826. The molecular formula is C21H26N4O2S. The van der Waals surface area contributed by atoms with Crippen LogP contribution in [-0.2, 0) is 11.3 Å². The highest BCUT2D eigenvalue weighted by Crippen LogP contribution is 2.25. The van der Waals surface area contributed by atoms with Crippen molar-refractivity contribution in [3.63, 3.8) is 0 Å². The van der Waals surface area contributed by atoms with E-state index in [1.54, 1.807) is 18.9 Å². The van der Waals surface area contributed by atoms with E-state index in [9.17, 15) is 0 Å². The lowest BCUT2D eigenvalue weighted by Gasteiger charge is -2.17. The van der Waals surface area contributed by atoms with Crippen LogP contribution in [0.1, 0.15) is 29.8 Å². The van der Waals surface area contributed by atoms with Crippen LogP contribution in [0.4, 0.5) is 5.69 Å². The number of nitrogens with zero attached hydrogens (tertiary/aromatic N) is 3. The second-order valence-corrected chi connectivity index (χ2v) is 8.07. The van der Waals surface area contributed by atoms with Gasteiger partial charge in [-0.05, 0) is 44.9 Å². The molecule has 1 fully saturated rings. The minimum absolute atomic E-state index is 0.333. The Labute approximate surface area is 170 Å². The van der Waals surface area contributed by atoms with E-state index in [4.69, 9.17) is 9.47 Å². The number of rotatable bonds is 5. The average molecular weight is 399 g/mol. The van der Waals surface area contributed by atoms with Gasteiger partial charge in [0.2, 0.25) is 0 Å². The highest BCUT2D eigenvalue weighted by atomic mass is 32.2. The summed E-state index contributed by atoms with van der Waals surface area (Å²) in [5, 5.41) is 5.40. The van der Waals surface area contributed by atoms with E-state index in [2.05, 4.69) is 40.0 Å². The highest BCUT2D eigenvalue weighted by Gasteiger charge is 2.22. The van der Waals surface area contributed by atoms with Crippen molar-refractivity contribution in [3.8, 4) is 5.75 Å². The molecule has 0 radical (unpaired) electrons. The lowest BCUT2D eigenvalue weighted by Crippen LogP contribution is -2.25. The van der Waals surface area contributed by atoms with Gasteiger partial charge in [-0.3, -0.25) is 5.43 Å². The maximum Gasteiger partial charge on any atom is 0.182 e. The first-order valence-electron chi connectivity index (χ1n) is 9.61. The smallest absolute Gasteiger partial charge is 0.182 e. The molecule has 7 heteroatoms.